The quantitative estimate of drug-likeness (QED) is 0.749. The Hall–Kier alpha value is -2.27. The third kappa shape index (κ3) is 3.68. The van der Waals surface area contributed by atoms with Crippen LogP contribution in [0.5, 0.6) is 0 Å². The van der Waals surface area contributed by atoms with Crippen molar-refractivity contribution in [1.82, 2.24) is 10.3 Å². The van der Waals surface area contributed by atoms with Crippen molar-refractivity contribution in [3.8, 4) is 0 Å². The summed E-state index contributed by atoms with van der Waals surface area (Å²) in [6, 6.07) is 15.9. The fraction of sp³-hybridized carbons (Fsp3) is 0.458. The lowest BCUT2D eigenvalue weighted by atomic mass is 9.49. The van der Waals surface area contributed by atoms with Gasteiger partial charge in [-0.05, 0) is 86.2 Å². The summed E-state index contributed by atoms with van der Waals surface area (Å²) in [4.78, 5) is 19.9. The molecule has 0 aliphatic heterocycles. The molecule has 4 saturated carbocycles. The van der Waals surface area contributed by atoms with Gasteiger partial charge in [0.05, 0.1) is 12.0 Å². The van der Waals surface area contributed by atoms with E-state index in [1.807, 2.05) is 41.3 Å². The smallest absolute Gasteiger partial charge is 0.232 e. The molecule has 6 rings (SSSR count). The van der Waals surface area contributed by atoms with Crippen LogP contribution in [-0.4, -0.2) is 16.0 Å². The lowest BCUT2D eigenvalue weighted by molar-refractivity contribution is -0.144. The summed E-state index contributed by atoms with van der Waals surface area (Å²) >= 11 is 5.74. The summed E-state index contributed by atoms with van der Waals surface area (Å²) in [6.07, 6.45) is 8.85. The second kappa shape index (κ2) is 7.52. The van der Waals surface area contributed by atoms with Gasteiger partial charge in [0, 0.05) is 6.20 Å². The molecule has 0 spiro atoms. The van der Waals surface area contributed by atoms with Crippen LogP contribution in [0.25, 0.3) is 0 Å². The molecule has 2 aromatic rings. The molecule has 1 aromatic carbocycles. The lowest BCUT2D eigenvalue weighted by Gasteiger charge is -2.55. The molecule has 4 aliphatic carbocycles. The molecule has 1 amide bonds. The third-order valence-corrected chi connectivity index (χ3v) is 7.42. The van der Waals surface area contributed by atoms with Crippen molar-refractivity contribution in [2.75, 3.05) is 4.90 Å². The van der Waals surface area contributed by atoms with Crippen LogP contribution in [0, 0.1) is 23.2 Å². The summed E-state index contributed by atoms with van der Waals surface area (Å²) < 4.78 is 0. The summed E-state index contributed by atoms with van der Waals surface area (Å²) in [5, 5.41) is 3.59. The first-order chi connectivity index (χ1) is 14.1. The molecule has 0 unspecified atom stereocenters. The van der Waals surface area contributed by atoms with E-state index in [2.05, 4.69) is 22.4 Å². The molecule has 1 heterocycles. The van der Waals surface area contributed by atoms with Crippen molar-refractivity contribution in [2.24, 2.45) is 23.2 Å². The number of nitrogens with one attached hydrogen (secondary N) is 1. The molecule has 29 heavy (non-hydrogen) atoms. The number of amides is 1. The Morgan fingerprint density at radius 1 is 1.00 bits per heavy atom. The van der Waals surface area contributed by atoms with E-state index in [1.54, 1.807) is 6.20 Å². The van der Waals surface area contributed by atoms with Gasteiger partial charge in [0.1, 0.15) is 5.82 Å². The topological polar surface area (TPSA) is 45.2 Å². The van der Waals surface area contributed by atoms with E-state index >= 15 is 0 Å². The molecule has 1 aromatic heterocycles. The molecule has 4 aliphatic rings. The predicted molar refractivity (Wildman–Crippen MR) is 118 cm³/mol. The zero-order valence-corrected chi connectivity index (χ0v) is 17.4. The standard InChI is InChI=1S/C24H27N3OS/c28-22(24-13-18-10-19(14-24)12-20(11-18)15-24)26-23(29)27(21-8-4-5-9-25-21)16-17-6-2-1-3-7-17/h1-9,18-20H,10-16H2,(H,26,28,29). The van der Waals surface area contributed by atoms with Crippen LogP contribution in [0.2, 0.25) is 0 Å². The third-order valence-electron chi connectivity index (χ3n) is 7.09. The van der Waals surface area contributed by atoms with E-state index in [4.69, 9.17) is 12.2 Å². The summed E-state index contributed by atoms with van der Waals surface area (Å²) in [7, 11) is 0. The van der Waals surface area contributed by atoms with Gasteiger partial charge in [-0.15, -0.1) is 0 Å². The SMILES string of the molecule is O=C(NC(=S)N(Cc1ccccc1)c1ccccn1)C12CC3CC(CC(C3)C1)C2. The fourth-order valence-electron chi connectivity index (χ4n) is 6.22. The number of hydrogen-bond donors (Lipinski definition) is 1. The number of thiocarbonyl (C=S) groups is 1. The van der Waals surface area contributed by atoms with Crippen molar-refractivity contribution >= 4 is 29.1 Å². The molecule has 4 nitrogen and oxygen atoms in total. The number of benzene rings is 1. The number of anilines is 1. The van der Waals surface area contributed by atoms with Gasteiger partial charge in [0.25, 0.3) is 0 Å². The van der Waals surface area contributed by atoms with Crippen LogP contribution in [0.4, 0.5) is 5.82 Å². The maximum atomic E-state index is 13.4. The molecule has 4 bridgehead atoms. The highest BCUT2D eigenvalue weighted by molar-refractivity contribution is 7.80. The summed E-state index contributed by atoms with van der Waals surface area (Å²) in [6.45, 7) is 0.581. The molecule has 1 N–H and O–H groups in total. The Morgan fingerprint density at radius 3 is 2.21 bits per heavy atom. The Balaban J connectivity index is 1.36. The highest BCUT2D eigenvalue weighted by Gasteiger charge is 2.54. The van der Waals surface area contributed by atoms with Crippen molar-refractivity contribution in [3.63, 3.8) is 0 Å². The molecular weight excluding hydrogens is 378 g/mol. The zero-order chi connectivity index (χ0) is 19.8. The molecule has 0 atom stereocenters. The minimum absolute atomic E-state index is 0.135. The first kappa shape index (κ1) is 18.7. The Bertz CT molecular complexity index is 864. The minimum atomic E-state index is -0.207. The maximum Gasteiger partial charge on any atom is 0.232 e. The van der Waals surface area contributed by atoms with Crippen molar-refractivity contribution in [1.29, 1.82) is 0 Å². The number of rotatable bonds is 4. The van der Waals surface area contributed by atoms with Crippen LogP contribution in [0.1, 0.15) is 44.1 Å². The molecule has 4 fully saturated rings. The average molecular weight is 406 g/mol. The first-order valence-electron chi connectivity index (χ1n) is 10.7. The van der Waals surface area contributed by atoms with Crippen molar-refractivity contribution in [2.45, 2.75) is 45.1 Å². The van der Waals surface area contributed by atoms with Crippen LogP contribution in [0.3, 0.4) is 0 Å². The van der Waals surface area contributed by atoms with Gasteiger partial charge in [-0.25, -0.2) is 4.98 Å². The van der Waals surface area contributed by atoms with Gasteiger partial charge in [0.2, 0.25) is 5.91 Å². The lowest BCUT2D eigenvalue weighted by Crippen LogP contribution is -2.56. The maximum absolute atomic E-state index is 13.4. The van der Waals surface area contributed by atoms with Gasteiger partial charge < -0.3 is 5.32 Å². The van der Waals surface area contributed by atoms with E-state index in [9.17, 15) is 4.79 Å². The number of nitrogens with zero attached hydrogens (tertiary/aromatic N) is 2. The normalized spacial score (nSPS) is 29.4. The molecule has 0 radical (unpaired) electrons. The van der Waals surface area contributed by atoms with Gasteiger partial charge in [-0.3, -0.25) is 9.69 Å². The number of carbonyl (C=O) groups excluding carboxylic acids is 1. The first-order valence-corrected chi connectivity index (χ1v) is 11.1. The van der Waals surface area contributed by atoms with Crippen LogP contribution < -0.4 is 10.2 Å². The van der Waals surface area contributed by atoms with Crippen LogP contribution in [0.15, 0.2) is 54.7 Å². The van der Waals surface area contributed by atoms with Gasteiger partial charge in [-0.1, -0.05) is 36.4 Å². The highest BCUT2D eigenvalue weighted by atomic mass is 32.1. The Labute approximate surface area is 177 Å². The van der Waals surface area contributed by atoms with Crippen molar-refractivity contribution < 1.29 is 4.79 Å². The minimum Gasteiger partial charge on any atom is -0.302 e. The van der Waals surface area contributed by atoms with Gasteiger partial charge in [-0.2, -0.15) is 0 Å². The van der Waals surface area contributed by atoms with E-state index < -0.39 is 0 Å². The predicted octanol–water partition coefficient (Wildman–Crippen LogP) is 4.71. The van der Waals surface area contributed by atoms with E-state index in [0.717, 1.165) is 48.4 Å². The Morgan fingerprint density at radius 2 is 1.62 bits per heavy atom. The molecule has 5 heteroatoms. The number of hydrogen-bond acceptors (Lipinski definition) is 3. The van der Waals surface area contributed by atoms with Gasteiger partial charge >= 0.3 is 0 Å². The summed E-state index contributed by atoms with van der Waals surface area (Å²) in [5.41, 5.74) is 0.922. The summed E-state index contributed by atoms with van der Waals surface area (Å²) in [5.74, 6) is 3.09. The Kier molecular flexibility index (Phi) is 4.86. The molecule has 150 valence electrons. The number of pyridine rings is 1. The second-order valence-corrected chi connectivity index (χ2v) is 9.60. The second-order valence-electron chi connectivity index (χ2n) is 9.22. The average Bonchev–Trinajstić information content (AvgIpc) is 2.72. The van der Waals surface area contributed by atoms with Crippen LogP contribution in [-0.2, 0) is 11.3 Å². The monoisotopic (exact) mass is 405 g/mol. The van der Waals surface area contributed by atoms with E-state index in [1.165, 1.54) is 19.3 Å². The van der Waals surface area contributed by atoms with Crippen molar-refractivity contribution in [3.05, 3.63) is 60.3 Å². The van der Waals surface area contributed by atoms with E-state index in [0.29, 0.717) is 11.7 Å². The zero-order valence-electron chi connectivity index (χ0n) is 16.6. The number of carbonyl (C=O) groups is 1. The van der Waals surface area contributed by atoms with Crippen LogP contribution >= 0.6 is 12.2 Å². The van der Waals surface area contributed by atoms with E-state index in [-0.39, 0.29) is 11.3 Å². The van der Waals surface area contributed by atoms with Gasteiger partial charge in [0.15, 0.2) is 5.11 Å². The largest absolute Gasteiger partial charge is 0.302 e. The molecule has 0 saturated heterocycles. The number of aromatic nitrogens is 1. The molecular formula is C24H27N3OS. The highest BCUT2D eigenvalue weighted by Crippen LogP contribution is 2.60. The fourth-order valence-corrected chi connectivity index (χ4v) is 6.47.